The van der Waals surface area contributed by atoms with E-state index in [0.717, 1.165) is 29.8 Å². The molecule has 1 atom stereocenters. The molecule has 2 aromatic carbocycles. The molecule has 0 radical (unpaired) electrons. The van der Waals surface area contributed by atoms with Crippen molar-refractivity contribution < 1.29 is 9.53 Å². The summed E-state index contributed by atoms with van der Waals surface area (Å²) in [4.78, 5) is 14.8. The minimum Gasteiger partial charge on any atom is -0.497 e. The number of methoxy groups -OCH3 is 1. The predicted molar refractivity (Wildman–Crippen MR) is 87.3 cm³/mol. The van der Waals surface area contributed by atoms with Crippen molar-refractivity contribution in [2.24, 2.45) is 0 Å². The second-order valence-electron chi connectivity index (χ2n) is 5.80. The summed E-state index contributed by atoms with van der Waals surface area (Å²) in [5.41, 5.74) is 4.32. The Balaban J connectivity index is 1.91. The first-order valence-electron chi connectivity index (χ1n) is 7.65. The topological polar surface area (TPSA) is 29.5 Å². The summed E-state index contributed by atoms with van der Waals surface area (Å²) in [7, 11) is 1.68. The summed E-state index contributed by atoms with van der Waals surface area (Å²) < 4.78 is 5.29. The van der Waals surface area contributed by atoms with E-state index in [1.165, 1.54) is 11.1 Å². The number of benzene rings is 2. The van der Waals surface area contributed by atoms with Crippen molar-refractivity contribution in [2.75, 3.05) is 13.7 Å². The van der Waals surface area contributed by atoms with Gasteiger partial charge in [-0.3, -0.25) is 4.79 Å². The highest BCUT2D eigenvalue weighted by molar-refractivity contribution is 5.96. The second kappa shape index (κ2) is 5.84. The maximum absolute atomic E-state index is 12.9. The lowest BCUT2D eigenvalue weighted by Crippen LogP contribution is -2.39. The van der Waals surface area contributed by atoms with Crippen LogP contribution in [0, 0.1) is 6.92 Å². The molecule has 114 valence electrons. The summed E-state index contributed by atoms with van der Waals surface area (Å²) in [6.07, 6.45) is 0.870. The third-order valence-electron chi connectivity index (χ3n) is 4.53. The van der Waals surface area contributed by atoms with Gasteiger partial charge in [0.25, 0.3) is 5.91 Å². The molecule has 0 saturated heterocycles. The quantitative estimate of drug-likeness (QED) is 0.844. The average Bonchev–Trinajstić information content (AvgIpc) is 2.54. The zero-order valence-corrected chi connectivity index (χ0v) is 13.3. The number of amides is 1. The summed E-state index contributed by atoms with van der Waals surface area (Å²) in [6.45, 7) is 4.83. The van der Waals surface area contributed by atoms with Crippen LogP contribution in [0.3, 0.4) is 0 Å². The van der Waals surface area contributed by atoms with Crippen LogP contribution in [0.1, 0.15) is 40.0 Å². The Morgan fingerprint density at radius 1 is 1.23 bits per heavy atom. The lowest BCUT2D eigenvalue weighted by atomic mass is 9.92. The van der Waals surface area contributed by atoms with E-state index in [1.807, 2.05) is 42.2 Å². The standard InChI is InChI=1S/C19H21NO2/c1-13-6-4-5-7-17(13)19(21)20-11-10-15-12-16(22-3)8-9-18(15)14(20)2/h4-9,12,14H,10-11H2,1-3H3. The largest absolute Gasteiger partial charge is 0.497 e. The van der Waals surface area contributed by atoms with Crippen LogP contribution < -0.4 is 4.74 Å². The van der Waals surface area contributed by atoms with Gasteiger partial charge in [0.15, 0.2) is 0 Å². The molecule has 1 unspecified atom stereocenters. The van der Waals surface area contributed by atoms with E-state index in [1.54, 1.807) is 7.11 Å². The van der Waals surface area contributed by atoms with Gasteiger partial charge in [-0.15, -0.1) is 0 Å². The zero-order chi connectivity index (χ0) is 15.7. The molecule has 1 amide bonds. The monoisotopic (exact) mass is 295 g/mol. The van der Waals surface area contributed by atoms with Gasteiger partial charge in [-0.2, -0.15) is 0 Å². The molecule has 1 heterocycles. The van der Waals surface area contributed by atoms with Gasteiger partial charge >= 0.3 is 0 Å². The molecule has 0 spiro atoms. The number of hydrogen-bond donors (Lipinski definition) is 0. The summed E-state index contributed by atoms with van der Waals surface area (Å²) >= 11 is 0. The highest BCUT2D eigenvalue weighted by atomic mass is 16.5. The van der Waals surface area contributed by atoms with Gasteiger partial charge in [-0.05, 0) is 55.2 Å². The van der Waals surface area contributed by atoms with Crippen molar-refractivity contribution in [3.63, 3.8) is 0 Å². The fourth-order valence-electron chi connectivity index (χ4n) is 3.18. The van der Waals surface area contributed by atoms with E-state index in [-0.39, 0.29) is 11.9 Å². The van der Waals surface area contributed by atoms with Crippen molar-refractivity contribution >= 4 is 5.91 Å². The third-order valence-corrected chi connectivity index (χ3v) is 4.53. The van der Waals surface area contributed by atoms with Crippen LogP contribution in [0.2, 0.25) is 0 Å². The van der Waals surface area contributed by atoms with E-state index in [0.29, 0.717) is 0 Å². The average molecular weight is 295 g/mol. The van der Waals surface area contributed by atoms with Gasteiger partial charge in [0.2, 0.25) is 0 Å². The summed E-state index contributed by atoms with van der Waals surface area (Å²) in [5.74, 6) is 0.997. The molecule has 2 aromatic rings. The number of carbonyl (C=O) groups is 1. The highest BCUT2D eigenvalue weighted by Gasteiger charge is 2.28. The molecule has 0 saturated carbocycles. The first-order chi connectivity index (χ1) is 10.6. The zero-order valence-electron chi connectivity index (χ0n) is 13.3. The Labute approximate surface area is 131 Å². The van der Waals surface area contributed by atoms with Crippen LogP contribution in [-0.2, 0) is 6.42 Å². The van der Waals surface area contributed by atoms with Gasteiger partial charge in [0.05, 0.1) is 13.2 Å². The Hall–Kier alpha value is -2.29. The first kappa shape index (κ1) is 14.6. The molecule has 0 fully saturated rings. The van der Waals surface area contributed by atoms with Crippen LogP contribution in [0.15, 0.2) is 42.5 Å². The molecular weight excluding hydrogens is 274 g/mol. The van der Waals surface area contributed by atoms with Gasteiger partial charge in [0, 0.05) is 12.1 Å². The highest BCUT2D eigenvalue weighted by Crippen LogP contribution is 2.33. The van der Waals surface area contributed by atoms with Gasteiger partial charge in [-0.1, -0.05) is 24.3 Å². The van der Waals surface area contributed by atoms with Crippen LogP contribution in [-0.4, -0.2) is 24.5 Å². The smallest absolute Gasteiger partial charge is 0.254 e. The molecule has 3 rings (SSSR count). The summed E-state index contributed by atoms with van der Waals surface area (Å²) in [6, 6.07) is 14.0. The maximum Gasteiger partial charge on any atom is 0.254 e. The number of nitrogens with zero attached hydrogens (tertiary/aromatic N) is 1. The number of hydrogen-bond acceptors (Lipinski definition) is 2. The molecule has 0 aromatic heterocycles. The van der Waals surface area contributed by atoms with Gasteiger partial charge < -0.3 is 9.64 Å². The van der Waals surface area contributed by atoms with E-state index in [9.17, 15) is 4.79 Å². The molecule has 3 nitrogen and oxygen atoms in total. The molecular formula is C19H21NO2. The summed E-state index contributed by atoms with van der Waals surface area (Å²) in [5, 5.41) is 0. The molecule has 1 aliphatic rings. The number of ether oxygens (including phenoxy) is 1. The van der Waals surface area contributed by atoms with Crippen LogP contribution in [0.4, 0.5) is 0 Å². The van der Waals surface area contributed by atoms with E-state index >= 15 is 0 Å². The first-order valence-corrected chi connectivity index (χ1v) is 7.65. The van der Waals surface area contributed by atoms with Gasteiger partial charge in [0.1, 0.15) is 5.75 Å². The van der Waals surface area contributed by atoms with Crippen molar-refractivity contribution in [3.05, 3.63) is 64.7 Å². The van der Waals surface area contributed by atoms with Crippen LogP contribution in [0.5, 0.6) is 5.75 Å². The number of carbonyl (C=O) groups excluding carboxylic acids is 1. The minimum absolute atomic E-state index is 0.0850. The molecule has 22 heavy (non-hydrogen) atoms. The Morgan fingerprint density at radius 2 is 2.00 bits per heavy atom. The molecule has 3 heteroatoms. The lowest BCUT2D eigenvalue weighted by Gasteiger charge is -2.35. The van der Waals surface area contributed by atoms with Crippen molar-refractivity contribution in [3.8, 4) is 5.75 Å². The molecule has 0 bridgehead atoms. The van der Waals surface area contributed by atoms with Gasteiger partial charge in [-0.25, -0.2) is 0 Å². The fraction of sp³-hybridized carbons (Fsp3) is 0.316. The SMILES string of the molecule is COc1ccc2c(c1)CCN(C(=O)c1ccccc1C)C2C. The van der Waals surface area contributed by atoms with E-state index in [2.05, 4.69) is 19.1 Å². The molecule has 0 aliphatic carbocycles. The number of aryl methyl sites for hydroxylation is 1. The second-order valence-corrected chi connectivity index (χ2v) is 5.80. The van der Waals surface area contributed by atoms with Crippen molar-refractivity contribution in [1.82, 2.24) is 4.90 Å². The van der Waals surface area contributed by atoms with E-state index in [4.69, 9.17) is 4.74 Å². The third kappa shape index (κ3) is 2.47. The van der Waals surface area contributed by atoms with Crippen molar-refractivity contribution in [1.29, 1.82) is 0 Å². The Bertz CT molecular complexity index is 708. The Kier molecular flexibility index (Phi) is 3.88. The van der Waals surface area contributed by atoms with Crippen LogP contribution in [0.25, 0.3) is 0 Å². The van der Waals surface area contributed by atoms with E-state index < -0.39 is 0 Å². The fourth-order valence-corrected chi connectivity index (χ4v) is 3.18. The maximum atomic E-state index is 12.9. The van der Waals surface area contributed by atoms with Crippen LogP contribution >= 0.6 is 0 Å². The number of fused-ring (bicyclic) bond motifs is 1. The normalized spacial score (nSPS) is 17.0. The molecule has 0 N–H and O–H groups in total. The Morgan fingerprint density at radius 3 is 2.73 bits per heavy atom. The number of rotatable bonds is 2. The molecule has 1 aliphatic heterocycles. The minimum atomic E-state index is 0.0850. The lowest BCUT2D eigenvalue weighted by molar-refractivity contribution is 0.0677. The predicted octanol–water partition coefficient (Wildman–Crippen LogP) is 3.76. The van der Waals surface area contributed by atoms with Crippen molar-refractivity contribution in [2.45, 2.75) is 26.3 Å².